The molecule has 2 heterocycles. The summed E-state index contributed by atoms with van der Waals surface area (Å²) in [5.74, 6) is 0.703. The van der Waals surface area contributed by atoms with Crippen molar-refractivity contribution in [2.75, 3.05) is 12.3 Å². The van der Waals surface area contributed by atoms with Crippen LogP contribution in [0.2, 0.25) is 0 Å². The second-order valence-corrected chi connectivity index (χ2v) is 5.28. The minimum absolute atomic E-state index is 0.0995. The van der Waals surface area contributed by atoms with Gasteiger partial charge in [-0.1, -0.05) is 12.1 Å². The summed E-state index contributed by atoms with van der Waals surface area (Å²) in [6, 6.07) is 6.00. The fraction of sp³-hybridized carbons (Fsp3) is 0.500. The molecule has 0 saturated carbocycles. The van der Waals surface area contributed by atoms with Crippen molar-refractivity contribution in [3.05, 3.63) is 23.8 Å². The van der Waals surface area contributed by atoms with E-state index in [1.807, 2.05) is 29.8 Å². The number of hydrogen-bond acceptors (Lipinski definition) is 5. The summed E-state index contributed by atoms with van der Waals surface area (Å²) in [5, 5.41) is 12.1. The average Bonchev–Trinajstić information content (AvgIpc) is 3.11. The zero-order valence-electron chi connectivity index (χ0n) is 11.8. The number of aryl methyl sites for hydroxylation is 1. The first kappa shape index (κ1) is 13.1. The Bertz CT molecular complexity index is 603. The summed E-state index contributed by atoms with van der Waals surface area (Å²) in [6.07, 6.45) is 2.31. The third kappa shape index (κ3) is 2.16. The van der Waals surface area contributed by atoms with Crippen LogP contribution in [0.4, 0.5) is 5.69 Å². The normalized spacial score (nSPS) is 20.2. The first-order chi connectivity index (χ1) is 9.68. The molecule has 1 aliphatic heterocycles. The summed E-state index contributed by atoms with van der Waals surface area (Å²) in [7, 11) is 0. The van der Waals surface area contributed by atoms with Gasteiger partial charge in [-0.25, -0.2) is 4.68 Å². The van der Waals surface area contributed by atoms with Crippen molar-refractivity contribution in [2.24, 2.45) is 0 Å². The van der Waals surface area contributed by atoms with Crippen LogP contribution in [-0.4, -0.2) is 32.9 Å². The number of aromatic nitrogens is 4. The molecule has 1 aliphatic rings. The zero-order chi connectivity index (χ0) is 14.1. The molecule has 6 nitrogen and oxygen atoms in total. The highest BCUT2D eigenvalue weighted by molar-refractivity contribution is 5.74. The monoisotopic (exact) mass is 273 g/mol. The summed E-state index contributed by atoms with van der Waals surface area (Å²) in [4.78, 5) is 0. The Balaban J connectivity index is 1.99. The number of rotatable bonds is 3. The first-order valence-electron chi connectivity index (χ1n) is 6.93. The molecular formula is C14H19N5O. The van der Waals surface area contributed by atoms with E-state index in [1.165, 1.54) is 0 Å². The van der Waals surface area contributed by atoms with E-state index in [0.29, 0.717) is 5.82 Å². The maximum Gasteiger partial charge on any atom is 0.184 e. The number of tetrazole rings is 1. The Kier molecular flexibility index (Phi) is 3.40. The van der Waals surface area contributed by atoms with Crippen LogP contribution in [-0.2, 0) is 4.74 Å². The number of benzene rings is 1. The van der Waals surface area contributed by atoms with Gasteiger partial charge in [-0.05, 0) is 48.7 Å². The molecule has 2 unspecified atom stereocenters. The summed E-state index contributed by atoms with van der Waals surface area (Å²) in [6.45, 7) is 4.89. The van der Waals surface area contributed by atoms with E-state index in [4.69, 9.17) is 10.5 Å². The SMILES string of the molecule is Cc1cccc(-c2nnnn2C(C)C2CCCO2)c1N. The third-order valence-corrected chi connectivity index (χ3v) is 3.95. The highest BCUT2D eigenvalue weighted by atomic mass is 16.5. The molecule has 2 N–H and O–H groups in total. The van der Waals surface area contributed by atoms with E-state index < -0.39 is 0 Å². The molecule has 0 aliphatic carbocycles. The topological polar surface area (TPSA) is 78.8 Å². The molecule has 0 radical (unpaired) electrons. The van der Waals surface area contributed by atoms with Crippen molar-refractivity contribution in [3.8, 4) is 11.4 Å². The number of para-hydroxylation sites is 1. The molecule has 3 rings (SSSR count). The van der Waals surface area contributed by atoms with Crippen molar-refractivity contribution in [2.45, 2.75) is 38.8 Å². The van der Waals surface area contributed by atoms with Crippen LogP contribution < -0.4 is 5.73 Å². The fourth-order valence-corrected chi connectivity index (χ4v) is 2.66. The van der Waals surface area contributed by atoms with E-state index >= 15 is 0 Å². The van der Waals surface area contributed by atoms with Crippen molar-refractivity contribution >= 4 is 5.69 Å². The lowest BCUT2D eigenvalue weighted by atomic mass is 10.1. The number of ether oxygens (including phenoxy) is 1. The van der Waals surface area contributed by atoms with Gasteiger partial charge in [0.15, 0.2) is 5.82 Å². The average molecular weight is 273 g/mol. The van der Waals surface area contributed by atoms with E-state index in [1.54, 1.807) is 0 Å². The molecule has 2 aromatic rings. The number of nitrogens with two attached hydrogens (primary N) is 1. The molecular weight excluding hydrogens is 254 g/mol. The lowest BCUT2D eigenvalue weighted by Crippen LogP contribution is -2.23. The second-order valence-electron chi connectivity index (χ2n) is 5.28. The standard InChI is InChI=1S/C14H19N5O/c1-9-5-3-6-11(13(9)15)14-16-17-18-19(14)10(2)12-7-4-8-20-12/h3,5-6,10,12H,4,7-8,15H2,1-2H3. The van der Waals surface area contributed by atoms with Gasteiger partial charge in [0.2, 0.25) is 0 Å². The number of hydrogen-bond donors (Lipinski definition) is 1. The van der Waals surface area contributed by atoms with Crippen LogP contribution in [0.1, 0.15) is 31.4 Å². The van der Waals surface area contributed by atoms with Crippen LogP contribution in [0.15, 0.2) is 18.2 Å². The summed E-state index contributed by atoms with van der Waals surface area (Å²) >= 11 is 0. The molecule has 106 valence electrons. The van der Waals surface area contributed by atoms with Gasteiger partial charge in [0.1, 0.15) is 0 Å². The molecule has 1 saturated heterocycles. The van der Waals surface area contributed by atoms with Gasteiger partial charge in [-0.15, -0.1) is 5.10 Å². The molecule has 0 amide bonds. The largest absolute Gasteiger partial charge is 0.398 e. The van der Waals surface area contributed by atoms with Gasteiger partial charge >= 0.3 is 0 Å². The summed E-state index contributed by atoms with van der Waals surface area (Å²) < 4.78 is 7.56. The van der Waals surface area contributed by atoms with Crippen LogP contribution in [0, 0.1) is 6.92 Å². The zero-order valence-corrected chi connectivity index (χ0v) is 11.8. The van der Waals surface area contributed by atoms with Gasteiger partial charge in [0, 0.05) is 17.9 Å². The Labute approximate surface area is 117 Å². The molecule has 1 aromatic heterocycles. The molecule has 1 fully saturated rings. The van der Waals surface area contributed by atoms with Crippen LogP contribution in [0.5, 0.6) is 0 Å². The Morgan fingerprint density at radius 2 is 2.30 bits per heavy atom. The van der Waals surface area contributed by atoms with Crippen molar-refractivity contribution in [1.82, 2.24) is 20.2 Å². The van der Waals surface area contributed by atoms with Gasteiger partial charge in [0.25, 0.3) is 0 Å². The van der Waals surface area contributed by atoms with E-state index in [-0.39, 0.29) is 12.1 Å². The minimum atomic E-state index is 0.0995. The van der Waals surface area contributed by atoms with E-state index in [2.05, 4.69) is 22.4 Å². The number of nitrogen functional groups attached to an aromatic ring is 1. The van der Waals surface area contributed by atoms with Crippen LogP contribution in [0.25, 0.3) is 11.4 Å². The van der Waals surface area contributed by atoms with Crippen LogP contribution in [0.3, 0.4) is 0 Å². The number of anilines is 1. The molecule has 2 atom stereocenters. The van der Waals surface area contributed by atoms with E-state index in [9.17, 15) is 0 Å². The van der Waals surface area contributed by atoms with Crippen molar-refractivity contribution in [3.63, 3.8) is 0 Å². The lowest BCUT2D eigenvalue weighted by Gasteiger charge is -2.20. The highest BCUT2D eigenvalue weighted by Gasteiger charge is 2.27. The highest BCUT2D eigenvalue weighted by Crippen LogP contribution is 2.30. The van der Waals surface area contributed by atoms with E-state index in [0.717, 1.165) is 36.3 Å². The lowest BCUT2D eigenvalue weighted by molar-refractivity contribution is 0.0690. The fourth-order valence-electron chi connectivity index (χ4n) is 2.66. The predicted molar refractivity (Wildman–Crippen MR) is 76.1 cm³/mol. The molecule has 6 heteroatoms. The first-order valence-corrected chi connectivity index (χ1v) is 6.93. The molecule has 1 aromatic carbocycles. The van der Waals surface area contributed by atoms with Crippen LogP contribution >= 0.6 is 0 Å². The van der Waals surface area contributed by atoms with Crippen molar-refractivity contribution in [1.29, 1.82) is 0 Å². The quantitative estimate of drug-likeness (QED) is 0.865. The van der Waals surface area contributed by atoms with Gasteiger partial charge < -0.3 is 10.5 Å². The maximum absolute atomic E-state index is 6.16. The molecule has 0 bridgehead atoms. The Morgan fingerprint density at radius 1 is 1.45 bits per heavy atom. The Hall–Kier alpha value is -1.95. The molecule has 20 heavy (non-hydrogen) atoms. The minimum Gasteiger partial charge on any atom is -0.398 e. The van der Waals surface area contributed by atoms with Gasteiger partial charge in [-0.2, -0.15) is 0 Å². The van der Waals surface area contributed by atoms with Gasteiger partial charge in [-0.3, -0.25) is 0 Å². The summed E-state index contributed by atoms with van der Waals surface area (Å²) in [5.41, 5.74) is 8.79. The van der Waals surface area contributed by atoms with Crippen molar-refractivity contribution < 1.29 is 4.74 Å². The maximum atomic E-state index is 6.16. The third-order valence-electron chi connectivity index (χ3n) is 3.95. The smallest absolute Gasteiger partial charge is 0.184 e. The Morgan fingerprint density at radius 3 is 3.05 bits per heavy atom. The predicted octanol–water partition coefficient (Wildman–Crippen LogP) is 1.97. The number of nitrogens with zero attached hydrogens (tertiary/aromatic N) is 4. The van der Waals surface area contributed by atoms with Gasteiger partial charge in [0.05, 0.1) is 12.1 Å². The second kappa shape index (κ2) is 5.20. The molecule has 0 spiro atoms.